The van der Waals surface area contributed by atoms with E-state index in [1.807, 2.05) is 83.8 Å². The van der Waals surface area contributed by atoms with Gasteiger partial charge in [0.05, 0.1) is 0 Å². The third kappa shape index (κ3) is 4.72. The van der Waals surface area contributed by atoms with Crippen LogP contribution in [0.2, 0.25) is 5.02 Å². The van der Waals surface area contributed by atoms with Gasteiger partial charge in [0, 0.05) is 39.0 Å². The van der Waals surface area contributed by atoms with Crippen LogP contribution < -0.4 is 5.32 Å². The number of nitrogens with one attached hydrogen (secondary N) is 1. The van der Waals surface area contributed by atoms with Crippen LogP contribution in [0.25, 0.3) is 5.70 Å². The quantitative estimate of drug-likeness (QED) is 0.477. The summed E-state index contributed by atoms with van der Waals surface area (Å²) in [6.45, 7) is 0.640. The zero-order chi connectivity index (χ0) is 20.2. The summed E-state index contributed by atoms with van der Waals surface area (Å²) in [6.07, 6.45) is 2.96. The Hall–Kier alpha value is -2.56. The lowest BCUT2D eigenvalue weighted by atomic mass is 10.00. The summed E-state index contributed by atoms with van der Waals surface area (Å²) in [5.74, 6) is 0.0183. The van der Waals surface area contributed by atoms with Gasteiger partial charge < -0.3 is 10.2 Å². The smallest absolute Gasteiger partial charge is 0.258 e. The van der Waals surface area contributed by atoms with E-state index in [1.54, 1.807) is 0 Å². The lowest BCUT2D eigenvalue weighted by molar-refractivity contribution is 0.0829. The Morgan fingerprint density at radius 1 is 0.966 bits per heavy atom. The minimum atomic E-state index is 0.0183. The fourth-order valence-electron chi connectivity index (χ4n) is 3.45. The summed E-state index contributed by atoms with van der Waals surface area (Å²) in [4.78, 5) is 15.1. The molecule has 0 aromatic heterocycles. The summed E-state index contributed by atoms with van der Waals surface area (Å²) in [5, 5.41) is 4.25. The second-order valence-electron chi connectivity index (χ2n) is 6.93. The number of carbonyl (C=O) groups excluding carboxylic acids is 1. The predicted octanol–water partition coefficient (Wildman–Crippen LogP) is 6.47. The number of anilines is 1. The van der Waals surface area contributed by atoms with Crippen molar-refractivity contribution in [3.05, 3.63) is 106 Å². The Kier molecular flexibility index (Phi) is 6.02. The van der Waals surface area contributed by atoms with Gasteiger partial charge in [0.25, 0.3) is 5.91 Å². The molecule has 1 atom stereocenters. The molecule has 0 radical (unpaired) electrons. The van der Waals surface area contributed by atoms with E-state index in [1.165, 1.54) is 0 Å². The average Bonchev–Trinajstić information content (AvgIpc) is 2.76. The van der Waals surface area contributed by atoms with Crippen molar-refractivity contribution in [2.45, 2.75) is 12.5 Å². The zero-order valence-electron chi connectivity index (χ0n) is 15.7. The second kappa shape index (κ2) is 8.85. The van der Waals surface area contributed by atoms with Crippen molar-refractivity contribution in [3.8, 4) is 0 Å². The first-order valence-corrected chi connectivity index (χ1v) is 10.6. The van der Waals surface area contributed by atoms with Crippen molar-refractivity contribution in [2.75, 3.05) is 11.9 Å². The number of carbonyl (C=O) groups is 1. The molecule has 3 aromatic rings. The van der Waals surface area contributed by atoms with Crippen molar-refractivity contribution < 1.29 is 4.79 Å². The van der Waals surface area contributed by atoms with E-state index in [-0.39, 0.29) is 11.9 Å². The number of rotatable bonds is 4. The van der Waals surface area contributed by atoms with Crippen LogP contribution in [0.4, 0.5) is 5.69 Å². The first kappa shape index (κ1) is 19.7. The van der Waals surface area contributed by atoms with E-state index >= 15 is 0 Å². The van der Waals surface area contributed by atoms with Gasteiger partial charge in [-0.25, -0.2) is 0 Å². The molecule has 5 heteroatoms. The third-order valence-corrected chi connectivity index (χ3v) is 5.70. The lowest BCUT2D eigenvalue weighted by Crippen LogP contribution is -2.38. The van der Waals surface area contributed by atoms with E-state index in [0.29, 0.717) is 17.1 Å². The standard InChI is InChI=1S/C24H20BrClN2O/c25-19-8-6-17(7-9-19)23-16-22(27-21-12-10-20(26)11-13-21)14-15-28(23)24(29)18-4-2-1-3-5-18/h1-13,16,22,27H,14-15H2. The second-order valence-corrected chi connectivity index (χ2v) is 8.28. The molecule has 3 aromatic carbocycles. The van der Waals surface area contributed by atoms with Crippen LogP contribution in [0.15, 0.2) is 89.4 Å². The Morgan fingerprint density at radius 2 is 1.66 bits per heavy atom. The molecular weight excluding hydrogens is 448 g/mol. The molecule has 3 nitrogen and oxygen atoms in total. The SMILES string of the molecule is O=C(c1ccccc1)N1CCC(Nc2ccc(Cl)cc2)C=C1c1ccc(Br)cc1. The molecule has 0 bridgehead atoms. The number of benzene rings is 3. The van der Waals surface area contributed by atoms with Gasteiger partial charge in [-0.2, -0.15) is 0 Å². The molecule has 29 heavy (non-hydrogen) atoms. The van der Waals surface area contributed by atoms with Crippen molar-refractivity contribution in [3.63, 3.8) is 0 Å². The van der Waals surface area contributed by atoms with Crippen LogP contribution >= 0.6 is 27.5 Å². The van der Waals surface area contributed by atoms with Gasteiger partial charge in [0.15, 0.2) is 0 Å². The van der Waals surface area contributed by atoms with Crippen LogP contribution in [0.3, 0.4) is 0 Å². The maximum Gasteiger partial charge on any atom is 0.258 e. The molecule has 0 saturated heterocycles. The summed E-state index contributed by atoms with van der Waals surface area (Å²) in [5.41, 5.74) is 3.64. The summed E-state index contributed by atoms with van der Waals surface area (Å²) in [6, 6.07) is 25.3. The molecule has 1 aliphatic heterocycles. The van der Waals surface area contributed by atoms with Crippen molar-refractivity contribution in [1.29, 1.82) is 0 Å². The predicted molar refractivity (Wildman–Crippen MR) is 123 cm³/mol. The molecule has 0 aliphatic carbocycles. The number of hydrogen-bond donors (Lipinski definition) is 1. The summed E-state index contributed by atoms with van der Waals surface area (Å²) < 4.78 is 1.01. The monoisotopic (exact) mass is 466 g/mol. The van der Waals surface area contributed by atoms with Crippen molar-refractivity contribution in [1.82, 2.24) is 4.90 Å². The number of nitrogens with zero attached hydrogens (tertiary/aromatic N) is 1. The minimum Gasteiger partial charge on any atom is -0.379 e. The molecule has 1 aliphatic rings. The average molecular weight is 468 g/mol. The molecule has 146 valence electrons. The zero-order valence-corrected chi connectivity index (χ0v) is 18.0. The Balaban J connectivity index is 1.66. The van der Waals surface area contributed by atoms with E-state index in [0.717, 1.165) is 27.8 Å². The van der Waals surface area contributed by atoms with Crippen LogP contribution in [-0.2, 0) is 0 Å². The molecule has 1 amide bonds. The minimum absolute atomic E-state index is 0.0183. The number of hydrogen-bond acceptors (Lipinski definition) is 2. The van der Waals surface area contributed by atoms with Crippen LogP contribution in [0.5, 0.6) is 0 Å². The molecular formula is C24H20BrClN2O. The van der Waals surface area contributed by atoms with Gasteiger partial charge in [-0.1, -0.05) is 57.9 Å². The highest BCUT2D eigenvalue weighted by atomic mass is 79.9. The topological polar surface area (TPSA) is 32.3 Å². The van der Waals surface area contributed by atoms with E-state index in [9.17, 15) is 4.79 Å². The maximum atomic E-state index is 13.2. The number of halogens is 2. The normalized spacial score (nSPS) is 16.3. The Bertz CT molecular complexity index is 1020. The fraction of sp³-hybridized carbons (Fsp3) is 0.125. The maximum absolute atomic E-state index is 13.2. The van der Waals surface area contributed by atoms with Crippen LogP contribution in [0.1, 0.15) is 22.3 Å². The van der Waals surface area contributed by atoms with Gasteiger partial charge in [-0.05, 0) is 66.6 Å². The third-order valence-electron chi connectivity index (χ3n) is 4.92. The molecule has 1 unspecified atom stereocenters. The van der Waals surface area contributed by atoms with Crippen molar-refractivity contribution >= 4 is 44.8 Å². The highest BCUT2D eigenvalue weighted by molar-refractivity contribution is 9.10. The van der Waals surface area contributed by atoms with Gasteiger partial charge in [0.1, 0.15) is 0 Å². The summed E-state index contributed by atoms with van der Waals surface area (Å²) in [7, 11) is 0. The molecule has 4 rings (SSSR count). The molecule has 1 N–H and O–H groups in total. The highest BCUT2D eigenvalue weighted by Gasteiger charge is 2.26. The highest BCUT2D eigenvalue weighted by Crippen LogP contribution is 2.29. The van der Waals surface area contributed by atoms with Crippen LogP contribution in [-0.4, -0.2) is 23.4 Å². The lowest BCUT2D eigenvalue weighted by Gasteiger charge is -2.33. The van der Waals surface area contributed by atoms with Gasteiger partial charge in [-0.3, -0.25) is 4.79 Å². The van der Waals surface area contributed by atoms with E-state index in [4.69, 9.17) is 11.6 Å². The van der Waals surface area contributed by atoms with Gasteiger partial charge in [-0.15, -0.1) is 0 Å². The van der Waals surface area contributed by atoms with E-state index < -0.39 is 0 Å². The molecule has 0 saturated carbocycles. The fourth-order valence-corrected chi connectivity index (χ4v) is 3.84. The Morgan fingerprint density at radius 3 is 2.34 bits per heavy atom. The van der Waals surface area contributed by atoms with Gasteiger partial charge in [0.2, 0.25) is 0 Å². The molecule has 0 spiro atoms. The van der Waals surface area contributed by atoms with E-state index in [2.05, 4.69) is 27.3 Å². The first-order valence-electron chi connectivity index (χ1n) is 9.47. The number of amides is 1. The summed E-state index contributed by atoms with van der Waals surface area (Å²) >= 11 is 9.48. The molecule has 1 heterocycles. The van der Waals surface area contributed by atoms with Gasteiger partial charge >= 0.3 is 0 Å². The van der Waals surface area contributed by atoms with Crippen LogP contribution in [0, 0.1) is 0 Å². The largest absolute Gasteiger partial charge is 0.379 e. The van der Waals surface area contributed by atoms with Crippen molar-refractivity contribution in [2.24, 2.45) is 0 Å². The first-order chi connectivity index (χ1) is 14.1. The molecule has 0 fully saturated rings. The Labute approximate surface area is 184 Å².